The molecule has 0 spiro atoms. The molecule has 0 saturated carbocycles. The maximum Gasteiger partial charge on any atom is 0.324 e. The van der Waals surface area contributed by atoms with Crippen molar-refractivity contribution < 1.29 is 14.3 Å². The lowest BCUT2D eigenvalue weighted by molar-refractivity contribution is -0.144. The van der Waals surface area contributed by atoms with E-state index in [1.165, 1.54) is 7.11 Å². The third-order valence-electron chi connectivity index (χ3n) is 4.48. The molecule has 1 atom stereocenters. The Hall–Kier alpha value is -1.86. The van der Waals surface area contributed by atoms with Crippen LogP contribution in [0.3, 0.4) is 0 Å². The predicted molar refractivity (Wildman–Crippen MR) is 102 cm³/mol. The summed E-state index contributed by atoms with van der Waals surface area (Å²) in [5.74, 6) is -0.255. The fourth-order valence-electron chi connectivity index (χ4n) is 2.89. The van der Waals surface area contributed by atoms with E-state index in [0.29, 0.717) is 31.1 Å². The highest BCUT2D eigenvalue weighted by Crippen LogP contribution is 2.11. The lowest BCUT2D eigenvalue weighted by atomic mass is 10.1. The average molecular weight is 386 g/mol. The molecule has 0 radical (unpaired) electrons. The molecule has 1 saturated heterocycles. The Morgan fingerprint density at radius 2 is 2.08 bits per heavy atom. The minimum atomic E-state index is -0.560. The standard InChI is InChI=1S/C18H27N3O4.ClH/c1-12(2)5-8-20-9-6-13(3)15(16(20)22)17(23)21-10-7-19-14(11-21)18(24)25-4;/h6,9,12,14,19H,5,7-8,10-11H2,1-4H3;1H. The van der Waals surface area contributed by atoms with Crippen molar-refractivity contribution in [2.24, 2.45) is 5.92 Å². The molecule has 7 nitrogen and oxygen atoms in total. The topological polar surface area (TPSA) is 80.6 Å². The highest BCUT2D eigenvalue weighted by Gasteiger charge is 2.31. The average Bonchev–Trinajstić information content (AvgIpc) is 2.60. The normalized spacial score (nSPS) is 17.0. The minimum absolute atomic E-state index is 0. The number of ether oxygens (including phenoxy) is 1. The fraction of sp³-hybridized carbons (Fsp3) is 0.611. The summed E-state index contributed by atoms with van der Waals surface area (Å²) in [6.07, 6.45) is 2.61. The molecule has 1 amide bonds. The van der Waals surface area contributed by atoms with Crippen molar-refractivity contribution in [2.45, 2.75) is 39.8 Å². The molecule has 8 heteroatoms. The van der Waals surface area contributed by atoms with Crippen LogP contribution in [0.25, 0.3) is 0 Å². The SMILES string of the molecule is COC(=O)C1CN(C(=O)c2c(C)ccn(CCC(C)C)c2=O)CCN1.Cl. The van der Waals surface area contributed by atoms with Gasteiger partial charge in [-0.3, -0.25) is 14.4 Å². The molecular weight excluding hydrogens is 358 g/mol. The summed E-state index contributed by atoms with van der Waals surface area (Å²) in [6.45, 7) is 7.68. The number of methoxy groups -OCH3 is 1. The van der Waals surface area contributed by atoms with E-state index in [9.17, 15) is 14.4 Å². The van der Waals surface area contributed by atoms with Crippen molar-refractivity contribution in [3.05, 3.63) is 33.7 Å². The first kappa shape index (κ1) is 22.2. The first-order valence-electron chi connectivity index (χ1n) is 8.65. The van der Waals surface area contributed by atoms with Crippen LogP contribution in [-0.2, 0) is 16.1 Å². The summed E-state index contributed by atoms with van der Waals surface area (Å²) in [6, 6.07) is 1.24. The number of hydrogen-bond acceptors (Lipinski definition) is 5. The van der Waals surface area contributed by atoms with Crippen LogP contribution >= 0.6 is 12.4 Å². The Balaban J connectivity index is 0.00000338. The molecule has 1 aliphatic rings. The van der Waals surface area contributed by atoms with Crippen molar-refractivity contribution in [3.8, 4) is 0 Å². The molecule has 2 heterocycles. The highest BCUT2D eigenvalue weighted by molar-refractivity contribution is 5.95. The zero-order valence-electron chi connectivity index (χ0n) is 15.8. The van der Waals surface area contributed by atoms with Gasteiger partial charge >= 0.3 is 5.97 Å². The van der Waals surface area contributed by atoms with Gasteiger partial charge in [-0.2, -0.15) is 0 Å². The fourth-order valence-corrected chi connectivity index (χ4v) is 2.89. The summed E-state index contributed by atoms with van der Waals surface area (Å²) in [5.41, 5.74) is 0.583. The Morgan fingerprint density at radius 1 is 1.38 bits per heavy atom. The molecule has 0 aromatic carbocycles. The Labute approximate surface area is 160 Å². The van der Waals surface area contributed by atoms with Gasteiger partial charge in [0.25, 0.3) is 11.5 Å². The van der Waals surface area contributed by atoms with Crippen LogP contribution in [0, 0.1) is 12.8 Å². The Kier molecular flexibility index (Phi) is 8.30. The summed E-state index contributed by atoms with van der Waals surface area (Å²) in [7, 11) is 1.32. The molecular formula is C18H28ClN3O4. The first-order valence-corrected chi connectivity index (χ1v) is 8.65. The molecule has 2 rings (SSSR count). The minimum Gasteiger partial charge on any atom is -0.468 e. The number of esters is 1. The van der Waals surface area contributed by atoms with Gasteiger partial charge in [-0.1, -0.05) is 13.8 Å². The smallest absolute Gasteiger partial charge is 0.324 e. The number of nitrogens with zero attached hydrogens (tertiary/aromatic N) is 2. The summed E-state index contributed by atoms with van der Waals surface area (Å²) >= 11 is 0. The van der Waals surface area contributed by atoms with Gasteiger partial charge in [0.05, 0.1) is 7.11 Å². The van der Waals surface area contributed by atoms with E-state index in [1.807, 2.05) is 0 Å². The number of aryl methyl sites for hydroxylation is 2. The van der Waals surface area contributed by atoms with Crippen molar-refractivity contribution in [1.29, 1.82) is 0 Å². The quantitative estimate of drug-likeness (QED) is 0.770. The lowest BCUT2D eigenvalue weighted by Gasteiger charge is -2.32. The number of piperazine rings is 1. The number of halogens is 1. The second-order valence-electron chi connectivity index (χ2n) is 6.84. The maximum atomic E-state index is 12.9. The second-order valence-corrected chi connectivity index (χ2v) is 6.84. The molecule has 1 aromatic rings. The third kappa shape index (κ3) is 5.08. The number of aromatic nitrogens is 1. The zero-order valence-corrected chi connectivity index (χ0v) is 16.6. The number of nitrogens with one attached hydrogen (secondary N) is 1. The summed E-state index contributed by atoms with van der Waals surface area (Å²) in [4.78, 5) is 39.0. The third-order valence-corrected chi connectivity index (χ3v) is 4.48. The van der Waals surface area contributed by atoms with Gasteiger partial charge in [0, 0.05) is 32.4 Å². The van der Waals surface area contributed by atoms with E-state index >= 15 is 0 Å². The van der Waals surface area contributed by atoms with Crippen molar-refractivity contribution in [1.82, 2.24) is 14.8 Å². The van der Waals surface area contributed by atoms with Gasteiger partial charge in [-0.15, -0.1) is 12.4 Å². The molecule has 1 fully saturated rings. The number of carbonyl (C=O) groups excluding carboxylic acids is 2. The predicted octanol–water partition coefficient (Wildman–Crippen LogP) is 1.21. The molecule has 1 N–H and O–H groups in total. The van der Waals surface area contributed by atoms with E-state index in [2.05, 4.69) is 19.2 Å². The van der Waals surface area contributed by atoms with Crippen LogP contribution in [-0.4, -0.2) is 54.1 Å². The number of carbonyl (C=O) groups is 2. The van der Waals surface area contributed by atoms with Crippen LogP contribution in [0.5, 0.6) is 0 Å². The van der Waals surface area contributed by atoms with E-state index < -0.39 is 12.0 Å². The van der Waals surface area contributed by atoms with Gasteiger partial charge in [0.15, 0.2) is 0 Å². The van der Waals surface area contributed by atoms with Gasteiger partial charge in [-0.25, -0.2) is 0 Å². The van der Waals surface area contributed by atoms with Gasteiger partial charge in [-0.05, 0) is 30.9 Å². The van der Waals surface area contributed by atoms with Crippen LogP contribution in [0.15, 0.2) is 17.1 Å². The van der Waals surface area contributed by atoms with Gasteiger partial charge in [0.1, 0.15) is 11.6 Å². The van der Waals surface area contributed by atoms with Gasteiger partial charge < -0.3 is 19.5 Å². The Bertz CT molecular complexity index is 702. The molecule has 1 aromatic heterocycles. The molecule has 0 bridgehead atoms. The number of amides is 1. The maximum absolute atomic E-state index is 12.9. The molecule has 26 heavy (non-hydrogen) atoms. The largest absolute Gasteiger partial charge is 0.468 e. The summed E-state index contributed by atoms with van der Waals surface area (Å²) in [5, 5.41) is 3.03. The van der Waals surface area contributed by atoms with Crippen LogP contribution in [0.1, 0.15) is 36.2 Å². The van der Waals surface area contributed by atoms with Crippen molar-refractivity contribution >= 4 is 24.3 Å². The van der Waals surface area contributed by atoms with Crippen LogP contribution in [0.4, 0.5) is 0 Å². The molecule has 146 valence electrons. The van der Waals surface area contributed by atoms with Crippen LogP contribution in [0.2, 0.25) is 0 Å². The van der Waals surface area contributed by atoms with E-state index in [4.69, 9.17) is 4.74 Å². The second kappa shape index (κ2) is 9.73. The number of rotatable bonds is 5. The molecule has 1 aliphatic heterocycles. The Morgan fingerprint density at radius 3 is 2.69 bits per heavy atom. The van der Waals surface area contributed by atoms with E-state index in [0.717, 1.165) is 6.42 Å². The van der Waals surface area contributed by atoms with E-state index in [-0.39, 0.29) is 36.0 Å². The van der Waals surface area contributed by atoms with Gasteiger partial charge in [0.2, 0.25) is 0 Å². The van der Waals surface area contributed by atoms with E-state index in [1.54, 1.807) is 28.7 Å². The molecule has 1 unspecified atom stereocenters. The summed E-state index contributed by atoms with van der Waals surface area (Å²) < 4.78 is 6.34. The number of pyridine rings is 1. The first-order chi connectivity index (χ1) is 11.8. The van der Waals surface area contributed by atoms with Crippen molar-refractivity contribution in [2.75, 3.05) is 26.7 Å². The molecule has 0 aliphatic carbocycles. The monoisotopic (exact) mass is 385 g/mol. The lowest BCUT2D eigenvalue weighted by Crippen LogP contribution is -2.56. The highest BCUT2D eigenvalue weighted by atomic mass is 35.5. The zero-order chi connectivity index (χ0) is 18.6. The van der Waals surface area contributed by atoms with Crippen LogP contribution < -0.4 is 10.9 Å². The van der Waals surface area contributed by atoms with Crippen molar-refractivity contribution in [3.63, 3.8) is 0 Å². The number of hydrogen-bond donors (Lipinski definition) is 1.